The minimum atomic E-state index is 0.482. The van der Waals surface area contributed by atoms with Crippen molar-refractivity contribution in [2.75, 3.05) is 0 Å². The third-order valence-electron chi connectivity index (χ3n) is 5.15. The number of hydrogen-bond acceptors (Lipinski definition) is 2. The number of fused-ring (bicyclic) bond motifs is 6. The minimum Gasteiger partial charge on any atom is -0.274 e. The first-order chi connectivity index (χ1) is 13.1. The van der Waals surface area contributed by atoms with Crippen LogP contribution in [0.4, 0.5) is 0 Å². The van der Waals surface area contributed by atoms with Crippen LogP contribution in [-0.2, 0) is 0 Å². The van der Waals surface area contributed by atoms with E-state index in [2.05, 4.69) is 99.0 Å². The van der Waals surface area contributed by atoms with E-state index in [0.717, 1.165) is 32.4 Å². The molecule has 0 fully saturated rings. The van der Waals surface area contributed by atoms with Crippen LogP contribution in [0.25, 0.3) is 38.7 Å². The zero-order valence-corrected chi connectivity index (χ0v) is 16.7. The Labute approximate surface area is 165 Å². The molecule has 5 rings (SSSR count). The van der Waals surface area contributed by atoms with Crippen molar-refractivity contribution >= 4 is 43.3 Å². The highest BCUT2D eigenvalue weighted by molar-refractivity contribution is 9.10. The molecular formula is C23H18BrN3. The summed E-state index contributed by atoms with van der Waals surface area (Å²) >= 11 is 3.51. The second kappa shape index (κ2) is 6.17. The molecule has 0 amide bonds. The zero-order chi connectivity index (χ0) is 18.5. The highest BCUT2D eigenvalue weighted by Crippen LogP contribution is 2.33. The van der Waals surface area contributed by atoms with E-state index in [4.69, 9.17) is 0 Å². The minimum absolute atomic E-state index is 0.482. The number of halogens is 1. The molecule has 0 N–H and O–H groups in total. The molecule has 0 saturated heterocycles. The molecule has 3 nitrogen and oxygen atoms in total. The van der Waals surface area contributed by atoms with Crippen molar-refractivity contribution in [1.29, 1.82) is 0 Å². The molecule has 0 aliphatic carbocycles. The molecule has 0 bridgehead atoms. The molecule has 5 aromatic rings. The first kappa shape index (κ1) is 16.5. The van der Waals surface area contributed by atoms with Crippen LogP contribution in [0.3, 0.4) is 0 Å². The fourth-order valence-electron chi connectivity index (χ4n) is 3.71. The van der Waals surface area contributed by atoms with Crippen molar-refractivity contribution in [3.63, 3.8) is 0 Å². The standard InChI is InChI=1S/C23H18BrN3/c1-14(2)16-9-12-21-20(13-16)18-5-3-4-6-19(18)23-26-25-22(27(21)23)15-7-10-17(24)11-8-15/h3-14H,1-2H3. The van der Waals surface area contributed by atoms with Crippen molar-refractivity contribution in [2.45, 2.75) is 19.8 Å². The van der Waals surface area contributed by atoms with Crippen LogP contribution >= 0.6 is 15.9 Å². The third kappa shape index (κ3) is 2.55. The Balaban J connectivity index is 1.96. The van der Waals surface area contributed by atoms with Gasteiger partial charge in [0, 0.05) is 20.8 Å². The summed E-state index contributed by atoms with van der Waals surface area (Å²) in [5, 5.41) is 12.7. The predicted octanol–water partition coefficient (Wildman–Crippen LogP) is 6.59. The molecule has 0 aliphatic heterocycles. The van der Waals surface area contributed by atoms with Gasteiger partial charge in [-0.05, 0) is 41.1 Å². The first-order valence-corrected chi connectivity index (χ1v) is 9.88. The summed E-state index contributed by atoms with van der Waals surface area (Å²) in [4.78, 5) is 0. The Kier molecular flexibility index (Phi) is 3.76. The van der Waals surface area contributed by atoms with Gasteiger partial charge in [0.25, 0.3) is 0 Å². The molecular weight excluding hydrogens is 398 g/mol. The zero-order valence-electron chi connectivity index (χ0n) is 15.1. The Hall–Kier alpha value is -2.72. The van der Waals surface area contributed by atoms with Crippen molar-refractivity contribution in [3.8, 4) is 11.4 Å². The van der Waals surface area contributed by atoms with E-state index >= 15 is 0 Å². The first-order valence-electron chi connectivity index (χ1n) is 9.09. The molecule has 3 aromatic carbocycles. The molecule has 2 aromatic heterocycles. The van der Waals surface area contributed by atoms with Crippen LogP contribution < -0.4 is 0 Å². The smallest absolute Gasteiger partial charge is 0.169 e. The normalized spacial score (nSPS) is 11.9. The van der Waals surface area contributed by atoms with Crippen LogP contribution in [0.15, 0.2) is 71.2 Å². The molecule has 4 heteroatoms. The van der Waals surface area contributed by atoms with Gasteiger partial charge in [0.2, 0.25) is 0 Å². The summed E-state index contributed by atoms with van der Waals surface area (Å²) in [6, 6.07) is 23.4. The Morgan fingerprint density at radius 2 is 1.56 bits per heavy atom. The molecule has 132 valence electrons. The lowest BCUT2D eigenvalue weighted by molar-refractivity contribution is 0.868. The lowest BCUT2D eigenvalue weighted by Gasteiger charge is -2.12. The molecule has 0 radical (unpaired) electrons. The van der Waals surface area contributed by atoms with Gasteiger partial charge in [-0.1, -0.05) is 72.2 Å². The van der Waals surface area contributed by atoms with Crippen LogP contribution in [-0.4, -0.2) is 14.6 Å². The summed E-state index contributed by atoms with van der Waals surface area (Å²) in [7, 11) is 0. The molecule has 0 spiro atoms. The van der Waals surface area contributed by atoms with Gasteiger partial charge in [-0.25, -0.2) is 0 Å². The van der Waals surface area contributed by atoms with Crippen LogP contribution in [0.2, 0.25) is 0 Å². The molecule has 0 unspecified atom stereocenters. The summed E-state index contributed by atoms with van der Waals surface area (Å²) in [6.45, 7) is 4.46. The van der Waals surface area contributed by atoms with Crippen LogP contribution in [0.5, 0.6) is 0 Å². The van der Waals surface area contributed by atoms with E-state index in [1.807, 2.05) is 12.1 Å². The van der Waals surface area contributed by atoms with Crippen molar-refractivity contribution in [1.82, 2.24) is 14.6 Å². The topological polar surface area (TPSA) is 30.2 Å². The Bertz CT molecular complexity index is 1300. The Morgan fingerprint density at radius 3 is 2.30 bits per heavy atom. The van der Waals surface area contributed by atoms with E-state index in [-0.39, 0.29) is 0 Å². The molecule has 27 heavy (non-hydrogen) atoms. The van der Waals surface area contributed by atoms with Crippen molar-refractivity contribution in [3.05, 3.63) is 76.8 Å². The SMILES string of the molecule is CC(C)c1ccc2c(c1)c1ccccc1c1nnc(-c3ccc(Br)cc3)n21. The lowest BCUT2D eigenvalue weighted by Crippen LogP contribution is -1.96. The number of rotatable bonds is 2. The summed E-state index contributed by atoms with van der Waals surface area (Å²) in [5.74, 6) is 1.35. The second-order valence-corrected chi connectivity index (χ2v) is 8.08. The highest BCUT2D eigenvalue weighted by atomic mass is 79.9. The van der Waals surface area contributed by atoms with Gasteiger partial charge in [0.15, 0.2) is 11.5 Å². The van der Waals surface area contributed by atoms with Gasteiger partial charge in [-0.2, -0.15) is 0 Å². The summed E-state index contributed by atoms with van der Waals surface area (Å²) in [6.07, 6.45) is 0. The number of nitrogens with zero attached hydrogens (tertiary/aromatic N) is 3. The van der Waals surface area contributed by atoms with E-state index in [0.29, 0.717) is 5.92 Å². The van der Waals surface area contributed by atoms with Gasteiger partial charge in [-0.3, -0.25) is 4.40 Å². The van der Waals surface area contributed by atoms with Crippen LogP contribution in [0, 0.1) is 0 Å². The largest absolute Gasteiger partial charge is 0.274 e. The average Bonchev–Trinajstić information content (AvgIpc) is 3.14. The van der Waals surface area contributed by atoms with Crippen molar-refractivity contribution < 1.29 is 0 Å². The lowest BCUT2D eigenvalue weighted by atomic mass is 9.98. The van der Waals surface area contributed by atoms with E-state index in [1.54, 1.807) is 0 Å². The number of hydrogen-bond donors (Lipinski definition) is 0. The number of pyridine rings is 1. The fraction of sp³-hybridized carbons (Fsp3) is 0.130. The quantitative estimate of drug-likeness (QED) is 0.304. The highest BCUT2D eigenvalue weighted by Gasteiger charge is 2.16. The monoisotopic (exact) mass is 415 g/mol. The second-order valence-electron chi connectivity index (χ2n) is 7.17. The Morgan fingerprint density at radius 1 is 0.815 bits per heavy atom. The van der Waals surface area contributed by atoms with Crippen molar-refractivity contribution in [2.24, 2.45) is 0 Å². The molecule has 2 heterocycles. The molecule has 0 atom stereocenters. The molecule has 0 aliphatic rings. The maximum atomic E-state index is 4.55. The maximum Gasteiger partial charge on any atom is 0.169 e. The van der Waals surface area contributed by atoms with E-state index in [9.17, 15) is 0 Å². The molecule has 0 saturated carbocycles. The van der Waals surface area contributed by atoms with E-state index in [1.165, 1.54) is 16.3 Å². The van der Waals surface area contributed by atoms with E-state index < -0.39 is 0 Å². The average molecular weight is 416 g/mol. The maximum absolute atomic E-state index is 4.55. The predicted molar refractivity (Wildman–Crippen MR) is 115 cm³/mol. The van der Waals surface area contributed by atoms with Crippen LogP contribution in [0.1, 0.15) is 25.3 Å². The summed E-state index contributed by atoms with van der Waals surface area (Å²) in [5.41, 5.74) is 4.42. The number of aromatic nitrogens is 3. The summed E-state index contributed by atoms with van der Waals surface area (Å²) < 4.78 is 3.24. The van der Waals surface area contributed by atoms with Gasteiger partial charge >= 0.3 is 0 Å². The fourth-order valence-corrected chi connectivity index (χ4v) is 3.97. The van der Waals surface area contributed by atoms with Gasteiger partial charge in [-0.15, -0.1) is 10.2 Å². The number of benzene rings is 3. The van der Waals surface area contributed by atoms with Gasteiger partial charge in [0.05, 0.1) is 5.52 Å². The van der Waals surface area contributed by atoms with Gasteiger partial charge in [0.1, 0.15) is 0 Å². The van der Waals surface area contributed by atoms with Gasteiger partial charge < -0.3 is 0 Å². The third-order valence-corrected chi connectivity index (χ3v) is 5.68.